The molecule has 18 heavy (non-hydrogen) atoms. The van der Waals surface area contributed by atoms with Crippen LogP contribution in [0.1, 0.15) is 30.6 Å². The maximum absolute atomic E-state index is 12.6. The number of fused-ring (bicyclic) bond motifs is 1. The number of rotatable bonds is 3. The van der Waals surface area contributed by atoms with Gasteiger partial charge in [-0.15, -0.1) is 0 Å². The van der Waals surface area contributed by atoms with Gasteiger partial charge in [0.1, 0.15) is 6.10 Å². The second-order valence-corrected chi connectivity index (χ2v) is 4.79. The summed E-state index contributed by atoms with van der Waals surface area (Å²) in [5.41, 5.74) is 8.56. The van der Waals surface area contributed by atoms with Gasteiger partial charge < -0.3 is 16.2 Å². The molecule has 2 rings (SSSR count). The quantitative estimate of drug-likeness (QED) is 0.771. The van der Waals surface area contributed by atoms with Crippen molar-refractivity contribution in [1.82, 2.24) is 0 Å². The van der Waals surface area contributed by atoms with Crippen molar-refractivity contribution >= 4 is 5.69 Å². The average molecular weight is 250 g/mol. The molecule has 1 aliphatic rings. The van der Waals surface area contributed by atoms with Crippen LogP contribution in [0.5, 0.6) is 0 Å². The Morgan fingerprint density at radius 2 is 2.44 bits per heavy atom. The first kappa shape index (κ1) is 13.1. The molecule has 0 radical (unpaired) electrons. The lowest BCUT2D eigenvalue weighted by Gasteiger charge is -2.25. The van der Waals surface area contributed by atoms with Crippen molar-refractivity contribution in [2.45, 2.75) is 31.9 Å². The van der Waals surface area contributed by atoms with E-state index in [1.54, 1.807) is 0 Å². The molecule has 1 aromatic rings. The first-order valence-corrected chi connectivity index (χ1v) is 6.22. The molecule has 0 bridgehead atoms. The highest BCUT2D eigenvalue weighted by atomic mass is 19.1. The number of hydrogen-bond acceptors (Lipinski definition) is 3. The highest BCUT2D eigenvalue weighted by Gasteiger charge is 2.18. The number of aliphatic hydroxyl groups excluding tert-OH is 1. The van der Waals surface area contributed by atoms with Crippen molar-refractivity contribution in [1.29, 1.82) is 0 Å². The molecule has 98 valence electrons. The molecule has 2 atom stereocenters. The summed E-state index contributed by atoms with van der Waals surface area (Å²) in [4.78, 5) is 0. The van der Waals surface area contributed by atoms with Crippen LogP contribution in [0, 0.1) is 0 Å². The Balaban J connectivity index is 2.26. The molecule has 4 heteroatoms. The molecule has 0 amide bonds. The minimum absolute atomic E-state index is 0.0179. The van der Waals surface area contributed by atoms with Crippen LogP contribution in [-0.4, -0.2) is 17.7 Å². The number of halogens is 1. The van der Waals surface area contributed by atoms with E-state index in [-0.39, 0.29) is 12.1 Å². The standard InChI is InChI=1S/C14H19FN2O/c1-9-2-3-10-6-11(4-5-13(10)17-9)14(18)12(7-15)8-16/h4-7,9,14,17-18H,2-3,8,16H2,1H3/b12-7-. The largest absolute Gasteiger partial charge is 0.384 e. The van der Waals surface area contributed by atoms with Crippen LogP contribution in [0.4, 0.5) is 10.1 Å². The Hall–Kier alpha value is -1.39. The van der Waals surface area contributed by atoms with Gasteiger partial charge in [-0.1, -0.05) is 12.1 Å². The predicted octanol–water partition coefficient (Wildman–Crippen LogP) is 2.28. The van der Waals surface area contributed by atoms with Crippen LogP contribution >= 0.6 is 0 Å². The first-order chi connectivity index (χ1) is 8.65. The number of nitrogens with two attached hydrogens (primary N) is 1. The number of aryl methyl sites for hydroxylation is 1. The van der Waals surface area contributed by atoms with Gasteiger partial charge in [-0.2, -0.15) is 0 Å². The van der Waals surface area contributed by atoms with Crippen LogP contribution in [0.25, 0.3) is 0 Å². The Morgan fingerprint density at radius 3 is 3.11 bits per heavy atom. The van der Waals surface area contributed by atoms with E-state index < -0.39 is 6.10 Å². The zero-order chi connectivity index (χ0) is 13.1. The van der Waals surface area contributed by atoms with Crippen molar-refractivity contribution in [2.24, 2.45) is 5.73 Å². The molecule has 2 unspecified atom stereocenters. The normalized spacial score (nSPS) is 21.1. The Morgan fingerprint density at radius 1 is 1.67 bits per heavy atom. The Bertz CT molecular complexity index is 459. The molecule has 0 saturated carbocycles. The molecule has 3 nitrogen and oxygen atoms in total. The van der Waals surface area contributed by atoms with Gasteiger partial charge in [0.25, 0.3) is 0 Å². The van der Waals surface area contributed by atoms with Gasteiger partial charge in [-0.3, -0.25) is 0 Å². The monoisotopic (exact) mass is 250 g/mol. The van der Waals surface area contributed by atoms with E-state index in [9.17, 15) is 9.50 Å². The van der Waals surface area contributed by atoms with Crippen molar-refractivity contribution < 1.29 is 9.50 Å². The second kappa shape index (κ2) is 5.50. The van der Waals surface area contributed by atoms with Crippen molar-refractivity contribution in [3.8, 4) is 0 Å². The lowest BCUT2D eigenvalue weighted by Crippen LogP contribution is -2.22. The van der Waals surface area contributed by atoms with Crippen LogP contribution in [0.2, 0.25) is 0 Å². The number of aliphatic hydroxyl groups is 1. The fraction of sp³-hybridized carbons (Fsp3) is 0.429. The molecule has 1 aromatic carbocycles. The summed E-state index contributed by atoms with van der Waals surface area (Å²) < 4.78 is 12.6. The number of hydrogen-bond donors (Lipinski definition) is 3. The molecule has 0 aliphatic carbocycles. The van der Waals surface area contributed by atoms with E-state index in [4.69, 9.17) is 5.73 Å². The molecular formula is C14H19FN2O. The summed E-state index contributed by atoms with van der Waals surface area (Å²) in [5.74, 6) is 0. The average Bonchev–Trinajstić information content (AvgIpc) is 2.39. The van der Waals surface area contributed by atoms with Crippen LogP contribution in [0.15, 0.2) is 30.1 Å². The van der Waals surface area contributed by atoms with E-state index in [0.717, 1.165) is 18.5 Å². The third-order valence-corrected chi connectivity index (χ3v) is 3.42. The number of benzene rings is 1. The van der Waals surface area contributed by atoms with Gasteiger partial charge in [0, 0.05) is 23.8 Å². The maximum atomic E-state index is 12.6. The van der Waals surface area contributed by atoms with E-state index in [1.165, 1.54) is 5.56 Å². The molecule has 0 fully saturated rings. The molecule has 0 spiro atoms. The zero-order valence-corrected chi connectivity index (χ0v) is 10.5. The predicted molar refractivity (Wildman–Crippen MR) is 71.1 cm³/mol. The number of nitrogens with one attached hydrogen (secondary N) is 1. The summed E-state index contributed by atoms with van der Waals surface area (Å²) in [6, 6.07) is 6.15. The highest BCUT2D eigenvalue weighted by molar-refractivity contribution is 5.55. The van der Waals surface area contributed by atoms with Gasteiger partial charge in [0.2, 0.25) is 0 Å². The van der Waals surface area contributed by atoms with E-state index in [0.29, 0.717) is 17.9 Å². The third-order valence-electron chi connectivity index (χ3n) is 3.42. The van der Waals surface area contributed by atoms with Gasteiger partial charge in [-0.25, -0.2) is 4.39 Å². The van der Waals surface area contributed by atoms with Crippen LogP contribution in [0.3, 0.4) is 0 Å². The first-order valence-electron chi connectivity index (χ1n) is 6.22. The van der Waals surface area contributed by atoms with Gasteiger partial charge in [0.15, 0.2) is 0 Å². The van der Waals surface area contributed by atoms with Crippen LogP contribution in [-0.2, 0) is 6.42 Å². The maximum Gasteiger partial charge on any atom is 0.104 e. The summed E-state index contributed by atoms with van der Waals surface area (Å²) >= 11 is 0. The summed E-state index contributed by atoms with van der Waals surface area (Å²) in [5, 5.41) is 13.4. The van der Waals surface area contributed by atoms with E-state index in [2.05, 4.69) is 12.2 Å². The molecule has 4 N–H and O–H groups in total. The second-order valence-electron chi connectivity index (χ2n) is 4.79. The fourth-order valence-electron chi connectivity index (χ4n) is 2.27. The Kier molecular flexibility index (Phi) is 3.99. The lowest BCUT2D eigenvalue weighted by molar-refractivity contribution is 0.212. The minimum Gasteiger partial charge on any atom is -0.384 e. The molecular weight excluding hydrogens is 231 g/mol. The molecule has 1 heterocycles. The summed E-state index contributed by atoms with van der Waals surface area (Å²) in [6.45, 7) is 2.16. The lowest BCUT2D eigenvalue weighted by atomic mass is 9.94. The summed E-state index contributed by atoms with van der Waals surface area (Å²) in [6.07, 6.45) is 1.48. The van der Waals surface area contributed by atoms with Gasteiger partial charge in [0.05, 0.1) is 6.33 Å². The SMILES string of the molecule is CC1CCc2cc(C(O)/C(=C\F)CN)ccc2N1. The highest BCUT2D eigenvalue weighted by Crippen LogP contribution is 2.29. The smallest absolute Gasteiger partial charge is 0.104 e. The van der Waals surface area contributed by atoms with Crippen LogP contribution < -0.4 is 11.1 Å². The summed E-state index contributed by atoms with van der Waals surface area (Å²) in [7, 11) is 0. The van der Waals surface area contributed by atoms with Gasteiger partial charge >= 0.3 is 0 Å². The third kappa shape index (κ3) is 2.54. The molecule has 1 aliphatic heterocycles. The van der Waals surface area contributed by atoms with Crippen molar-refractivity contribution in [3.05, 3.63) is 41.2 Å². The van der Waals surface area contributed by atoms with Crippen molar-refractivity contribution in [3.63, 3.8) is 0 Å². The van der Waals surface area contributed by atoms with E-state index >= 15 is 0 Å². The topological polar surface area (TPSA) is 58.3 Å². The van der Waals surface area contributed by atoms with Crippen molar-refractivity contribution in [2.75, 3.05) is 11.9 Å². The zero-order valence-electron chi connectivity index (χ0n) is 10.5. The Labute approximate surface area is 107 Å². The molecule has 0 aromatic heterocycles. The fourth-order valence-corrected chi connectivity index (χ4v) is 2.27. The molecule has 0 saturated heterocycles. The minimum atomic E-state index is -0.954. The van der Waals surface area contributed by atoms with E-state index in [1.807, 2.05) is 18.2 Å². The number of anilines is 1. The van der Waals surface area contributed by atoms with Gasteiger partial charge in [-0.05, 0) is 37.0 Å².